The molecule has 0 fully saturated rings. The van der Waals surface area contributed by atoms with Crippen molar-refractivity contribution in [2.24, 2.45) is 7.05 Å². The fourth-order valence-corrected chi connectivity index (χ4v) is 1.39. The molecule has 0 amide bonds. The zero-order valence-corrected chi connectivity index (χ0v) is 8.44. The van der Waals surface area contributed by atoms with Gasteiger partial charge in [-0.1, -0.05) is 18.5 Å². The molecule has 0 radical (unpaired) electrons. The monoisotopic (exact) mass is 187 g/mol. The van der Waals surface area contributed by atoms with Gasteiger partial charge in [0.05, 0.1) is 5.69 Å². The molecule has 1 aromatic heterocycles. The number of hydrogen-bond acceptors (Lipinski definition) is 2. The molecule has 0 spiro atoms. The van der Waals surface area contributed by atoms with Crippen LogP contribution in [-0.4, -0.2) is 16.6 Å². The first kappa shape index (κ1) is 9.55. The second-order valence-electron chi connectivity index (χ2n) is 2.71. The lowest BCUT2D eigenvalue weighted by molar-refractivity contribution is 0.791. The van der Waals surface area contributed by atoms with Crippen LogP contribution in [0.25, 0.3) is 0 Å². The minimum absolute atomic E-state index is 0.729. The highest BCUT2D eigenvalue weighted by atomic mass is 35.5. The zero-order valence-electron chi connectivity index (χ0n) is 7.69. The van der Waals surface area contributed by atoms with E-state index in [0.717, 1.165) is 29.6 Å². The van der Waals surface area contributed by atoms with Crippen LogP contribution in [0.15, 0.2) is 0 Å². The van der Waals surface area contributed by atoms with E-state index in [-0.39, 0.29) is 0 Å². The quantitative estimate of drug-likeness (QED) is 0.775. The van der Waals surface area contributed by atoms with E-state index in [1.807, 2.05) is 18.7 Å². The molecule has 1 N–H and O–H groups in total. The fourth-order valence-electron chi connectivity index (χ4n) is 1.18. The summed E-state index contributed by atoms with van der Waals surface area (Å²) >= 11 is 6.03. The van der Waals surface area contributed by atoms with Gasteiger partial charge in [0.25, 0.3) is 0 Å². The number of rotatable bonds is 3. The summed E-state index contributed by atoms with van der Waals surface area (Å²) in [5, 5.41) is 3.77. The van der Waals surface area contributed by atoms with E-state index in [0.29, 0.717) is 0 Å². The summed E-state index contributed by atoms with van der Waals surface area (Å²) in [7, 11) is 3.82. The van der Waals surface area contributed by atoms with E-state index in [9.17, 15) is 0 Å². The first-order valence-electron chi connectivity index (χ1n) is 4.05. The summed E-state index contributed by atoms with van der Waals surface area (Å²) in [4.78, 5) is 4.39. The molecule has 0 aliphatic rings. The normalized spacial score (nSPS) is 10.7. The van der Waals surface area contributed by atoms with Crippen molar-refractivity contribution >= 4 is 11.6 Å². The second kappa shape index (κ2) is 3.92. The lowest BCUT2D eigenvalue weighted by atomic mass is 10.4. The van der Waals surface area contributed by atoms with Crippen LogP contribution in [0, 0.1) is 0 Å². The maximum atomic E-state index is 6.03. The molecule has 4 heteroatoms. The van der Waals surface area contributed by atoms with Crippen LogP contribution in [0.3, 0.4) is 0 Å². The van der Waals surface area contributed by atoms with Crippen molar-refractivity contribution in [3.63, 3.8) is 0 Å². The van der Waals surface area contributed by atoms with Gasteiger partial charge in [0, 0.05) is 20.0 Å². The third-order valence-corrected chi connectivity index (χ3v) is 2.32. The Morgan fingerprint density at radius 1 is 1.58 bits per heavy atom. The Hall–Kier alpha value is -0.540. The molecular formula is C8H14ClN3. The Bertz CT molecular complexity index is 268. The summed E-state index contributed by atoms with van der Waals surface area (Å²) in [5.41, 5.74) is 0.929. The summed E-state index contributed by atoms with van der Waals surface area (Å²) in [6, 6.07) is 0. The van der Waals surface area contributed by atoms with Crippen molar-refractivity contribution in [3.05, 3.63) is 16.7 Å². The number of aromatic nitrogens is 2. The van der Waals surface area contributed by atoms with E-state index < -0.39 is 0 Å². The van der Waals surface area contributed by atoms with Crippen LogP contribution in [0.2, 0.25) is 5.15 Å². The molecule has 0 unspecified atom stereocenters. The van der Waals surface area contributed by atoms with Gasteiger partial charge < -0.3 is 9.88 Å². The van der Waals surface area contributed by atoms with Crippen LogP contribution in [0.1, 0.15) is 18.4 Å². The maximum absolute atomic E-state index is 6.03. The number of imidazole rings is 1. The van der Waals surface area contributed by atoms with Gasteiger partial charge in [-0.15, -0.1) is 0 Å². The Morgan fingerprint density at radius 3 is 2.67 bits per heavy atom. The van der Waals surface area contributed by atoms with Gasteiger partial charge in [0.1, 0.15) is 11.0 Å². The number of nitrogens with one attached hydrogen (secondary N) is 1. The van der Waals surface area contributed by atoms with E-state index in [4.69, 9.17) is 11.6 Å². The topological polar surface area (TPSA) is 29.9 Å². The van der Waals surface area contributed by atoms with Crippen LogP contribution >= 0.6 is 11.6 Å². The van der Waals surface area contributed by atoms with Crippen LogP contribution in [0.5, 0.6) is 0 Å². The van der Waals surface area contributed by atoms with Crippen molar-refractivity contribution in [2.75, 3.05) is 7.05 Å². The molecule has 12 heavy (non-hydrogen) atoms. The fraction of sp³-hybridized carbons (Fsp3) is 0.625. The zero-order chi connectivity index (χ0) is 9.14. The highest BCUT2D eigenvalue weighted by Gasteiger charge is 2.09. The minimum atomic E-state index is 0.729. The molecule has 68 valence electrons. The molecule has 1 heterocycles. The minimum Gasteiger partial charge on any atom is -0.322 e. The maximum Gasteiger partial charge on any atom is 0.133 e. The molecule has 0 bridgehead atoms. The number of halogens is 1. The largest absolute Gasteiger partial charge is 0.322 e. The van der Waals surface area contributed by atoms with Crippen molar-refractivity contribution < 1.29 is 0 Å². The van der Waals surface area contributed by atoms with Crippen LogP contribution < -0.4 is 5.32 Å². The van der Waals surface area contributed by atoms with Crippen molar-refractivity contribution in [1.29, 1.82) is 0 Å². The third kappa shape index (κ3) is 1.62. The molecule has 0 saturated carbocycles. The number of hydrogen-bond donors (Lipinski definition) is 1. The predicted molar refractivity (Wildman–Crippen MR) is 50.4 cm³/mol. The standard InChI is InChI=1S/C8H14ClN3/c1-4-7-11-6(5-10-2)8(9)12(7)3/h10H,4-5H2,1-3H3. The van der Waals surface area contributed by atoms with Crippen LogP contribution in [0.4, 0.5) is 0 Å². The van der Waals surface area contributed by atoms with E-state index in [1.54, 1.807) is 0 Å². The Balaban J connectivity index is 2.98. The van der Waals surface area contributed by atoms with Crippen molar-refractivity contribution in [1.82, 2.24) is 14.9 Å². The molecule has 1 rings (SSSR count). The first-order chi connectivity index (χ1) is 5.70. The van der Waals surface area contributed by atoms with Gasteiger partial charge in [-0.25, -0.2) is 4.98 Å². The van der Waals surface area contributed by atoms with Gasteiger partial charge in [0.15, 0.2) is 0 Å². The number of aryl methyl sites for hydroxylation is 1. The molecule has 0 aromatic carbocycles. The average molecular weight is 188 g/mol. The average Bonchev–Trinajstić information content (AvgIpc) is 2.33. The first-order valence-corrected chi connectivity index (χ1v) is 4.43. The summed E-state index contributed by atoms with van der Waals surface area (Å²) in [6.07, 6.45) is 0.917. The molecule has 0 saturated heterocycles. The van der Waals surface area contributed by atoms with Crippen molar-refractivity contribution in [3.8, 4) is 0 Å². The molecule has 0 aliphatic heterocycles. The smallest absolute Gasteiger partial charge is 0.133 e. The highest BCUT2D eigenvalue weighted by molar-refractivity contribution is 6.30. The SMILES string of the molecule is CCc1nc(CNC)c(Cl)n1C. The summed E-state index contributed by atoms with van der Waals surface area (Å²) in [5.74, 6) is 1.03. The lowest BCUT2D eigenvalue weighted by Gasteiger charge is -1.97. The third-order valence-electron chi connectivity index (χ3n) is 1.84. The Kier molecular flexibility index (Phi) is 3.12. The molecule has 0 aliphatic carbocycles. The van der Waals surface area contributed by atoms with Gasteiger partial charge in [-0.05, 0) is 7.05 Å². The lowest BCUT2D eigenvalue weighted by Crippen LogP contribution is -2.05. The Labute approximate surface area is 77.7 Å². The molecular weight excluding hydrogens is 174 g/mol. The summed E-state index contributed by atoms with van der Waals surface area (Å²) < 4.78 is 1.92. The Morgan fingerprint density at radius 2 is 2.25 bits per heavy atom. The van der Waals surface area contributed by atoms with E-state index >= 15 is 0 Å². The van der Waals surface area contributed by atoms with Gasteiger partial charge in [-0.3, -0.25) is 0 Å². The highest BCUT2D eigenvalue weighted by Crippen LogP contribution is 2.16. The van der Waals surface area contributed by atoms with Gasteiger partial charge in [0.2, 0.25) is 0 Å². The molecule has 1 aromatic rings. The van der Waals surface area contributed by atoms with E-state index in [2.05, 4.69) is 17.2 Å². The van der Waals surface area contributed by atoms with Crippen molar-refractivity contribution in [2.45, 2.75) is 19.9 Å². The number of nitrogens with zero attached hydrogens (tertiary/aromatic N) is 2. The van der Waals surface area contributed by atoms with E-state index in [1.165, 1.54) is 0 Å². The van der Waals surface area contributed by atoms with Gasteiger partial charge in [-0.2, -0.15) is 0 Å². The predicted octanol–water partition coefficient (Wildman–Crippen LogP) is 1.36. The van der Waals surface area contributed by atoms with Crippen LogP contribution in [-0.2, 0) is 20.0 Å². The second-order valence-corrected chi connectivity index (χ2v) is 3.07. The molecule has 3 nitrogen and oxygen atoms in total. The van der Waals surface area contributed by atoms with Gasteiger partial charge >= 0.3 is 0 Å². The molecule has 0 atom stereocenters. The summed E-state index contributed by atoms with van der Waals surface area (Å²) in [6.45, 7) is 2.80.